The van der Waals surface area contributed by atoms with Crippen molar-refractivity contribution in [3.63, 3.8) is 0 Å². The number of fused-ring (bicyclic) bond motifs is 1. The van der Waals surface area contributed by atoms with Crippen molar-refractivity contribution < 1.29 is 9.18 Å². The smallest absolute Gasteiger partial charge is 0.180 e. The van der Waals surface area contributed by atoms with E-state index in [1.165, 1.54) is 60.9 Å². The van der Waals surface area contributed by atoms with Gasteiger partial charge < -0.3 is 15.1 Å². The number of halogens is 1. The quantitative estimate of drug-likeness (QED) is 0.254. The molecule has 4 aromatic rings. The first-order valence-electron chi connectivity index (χ1n) is 12.0. The topological polar surface area (TPSA) is 73.8 Å². The highest BCUT2D eigenvalue weighted by Crippen LogP contribution is 2.27. The summed E-state index contributed by atoms with van der Waals surface area (Å²) < 4.78 is 15.1. The van der Waals surface area contributed by atoms with Crippen molar-refractivity contribution >= 4 is 22.8 Å². The minimum absolute atomic E-state index is 0.226. The van der Waals surface area contributed by atoms with Gasteiger partial charge >= 0.3 is 0 Å². The van der Waals surface area contributed by atoms with Crippen molar-refractivity contribution in [2.75, 3.05) is 5.73 Å². The van der Waals surface area contributed by atoms with Crippen LogP contribution < -0.4 is 5.73 Å². The van der Waals surface area contributed by atoms with Crippen LogP contribution in [0.25, 0.3) is 16.9 Å². The normalized spacial score (nSPS) is 12.3. The monoisotopic (exact) mass is 492 g/mol. The van der Waals surface area contributed by atoms with E-state index in [2.05, 4.69) is 43.1 Å². The standard InChI is InChI=1S/C18H17FN2.C8H12N2S.C2H4O/c1-3-18-20-17(14-6-4-13(2)5-7-14)12-21(18)16-10-8-15(19)9-11-16;9-8-10-6-4-2-1-3-5-7(6)11-8;1-2-3/h4-12H,3H2,1-2H3;1-5H2,(H2,9,10);2H,1H3. The minimum atomic E-state index is -0.226. The number of imidazole rings is 1. The zero-order valence-electron chi connectivity index (χ0n) is 20.6. The lowest BCUT2D eigenvalue weighted by Crippen LogP contribution is -1.98. The van der Waals surface area contributed by atoms with Gasteiger partial charge in [-0.1, -0.05) is 43.2 Å². The predicted molar refractivity (Wildman–Crippen MR) is 143 cm³/mol. The van der Waals surface area contributed by atoms with E-state index in [0.717, 1.165) is 47.0 Å². The molecule has 2 heterocycles. The average molecular weight is 493 g/mol. The number of benzene rings is 2. The first-order valence-corrected chi connectivity index (χ1v) is 12.8. The fourth-order valence-electron chi connectivity index (χ4n) is 3.91. The van der Waals surface area contributed by atoms with E-state index in [4.69, 9.17) is 15.5 Å². The number of aromatic nitrogens is 3. The van der Waals surface area contributed by atoms with Crippen LogP contribution >= 0.6 is 11.3 Å². The Hall–Kier alpha value is -3.32. The van der Waals surface area contributed by atoms with Gasteiger partial charge in [-0.25, -0.2) is 14.4 Å². The predicted octanol–water partition coefficient (Wildman–Crippen LogP) is 6.75. The van der Waals surface area contributed by atoms with E-state index in [-0.39, 0.29) is 5.82 Å². The van der Waals surface area contributed by atoms with Gasteiger partial charge in [0.15, 0.2) is 5.13 Å². The summed E-state index contributed by atoms with van der Waals surface area (Å²) in [6, 6.07) is 14.8. The third kappa shape index (κ3) is 7.33. The van der Waals surface area contributed by atoms with Gasteiger partial charge in [0.25, 0.3) is 0 Å². The number of carbonyl (C=O) groups excluding carboxylic acids is 1. The molecule has 2 aromatic carbocycles. The Morgan fingerprint density at radius 3 is 2.34 bits per heavy atom. The van der Waals surface area contributed by atoms with Crippen LogP contribution in [0.15, 0.2) is 54.7 Å². The molecule has 0 unspecified atom stereocenters. The molecule has 2 aromatic heterocycles. The molecule has 0 saturated heterocycles. The van der Waals surface area contributed by atoms with E-state index in [1.807, 2.05) is 10.8 Å². The second kappa shape index (κ2) is 13.0. The third-order valence-corrected chi connectivity index (χ3v) is 6.65. The molecule has 1 aliphatic carbocycles. The molecule has 0 saturated carbocycles. The second-order valence-electron chi connectivity index (χ2n) is 8.33. The van der Waals surface area contributed by atoms with E-state index in [1.54, 1.807) is 23.5 Å². The van der Waals surface area contributed by atoms with Crippen LogP contribution in [-0.4, -0.2) is 20.8 Å². The fourth-order valence-corrected chi connectivity index (χ4v) is 4.83. The number of aryl methyl sites for hydroxylation is 4. The maximum atomic E-state index is 13.1. The molecule has 0 fully saturated rings. The number of carbonyl (C=O) groups is 1. The molecule has 0 atom stereocenters. The Labute approximate surface area is 210 Å². The number of hydrogen-bond donors (Lipinski definition) is 1. The largest absolute Gasteiger partial charge is 0.375 e. The Bertz CT molecular complexity index is 1190. The van der Waals surface area contributed by atoms with Crippen LogP contribution in [0.5, 0.6) is 0 Å². The number of nitrogen functional groups attached to an aromatic ring is 1. The molecule has 0 spiro atoms. The Kier molecular flexibility index (Phi) is 9.73. The zero-order valence-corrected chi connectivity index (χ0v) is 21.4. The summed E-state index contributed by atoms with van der Waals surface area (Å²) in [4.78, 5) is 19.2. The van der Waals surface area contributed by atoms with E-state index in [9.17, 15) is 4.39 Å². The number of rotatable bonds is 3. The summed E-state index contributed by atoms with van der Waals surface area (Å²) in [6.07, 6.45) is 9.88. The lowest BCUT2D eigenvalue weighted by molar-refractivity contribution is -0.106. The summed E-state index contributed by atoms with van der Waals surface area (Å²) in [7, 11) is 0. The highest BCUT2D eigenvalue weighted by Gasteiger charge is 2.12. The lowest BCUT2D eigenvalue weighted by atomic mass is 10.1. The summed E-state index contributed by atoms with van der Waals surface area (Å²) in [5, 5.41) is 0.747. The van der Waals surface area contributed by atoms with Crippen LogP contribution in [-0.2, 0) is 24.1 Å². The average Bonchev–Trinajstić information content (AvgIpc) is 3.37. The molecule has 35 heavy (non-hydrogen) atoms. The van der Waals surface area contributed by atoms with Gasteiger partial charge in [0, 0.05) is 28.7 Å². The second-order valence-corrected chi connectivity index (χ2v) is 9.44. The highest BCUT2D eigenvalue weighted by atomic mass is 32.1. The molecule has 5 rings (SSSR count). The van der Waals surface area contributed by atoms with Crippen LogP contribution in [0.1, 0.15) is 55.1 Å². The van der Waals surface area contributed by atoms with Crippen molar-refractivity contribution in [2.24, 2.45) is 0 Å². The molecule has 0 radical (unpaired) electrons. The molecular formula is C28H33FN4OS. The van der Waals surface area contributed by atoms with Gasteiger partial charge in [0.1, 0.15) is 17.9 Å². The van der Waals surface area contributed by atoms with Crippen molar-refractivity contribution in [3.8, 4) is 16.9 Å². The first-order chi connectivity index (χ1) is 16.9. The Morgan fingerprint density at radius 1 is 1.03 bits per heavy atom. The molecule has 0 aliphatic heterocycles. The van der Waals surface area contributed by atoms with Crippen LogP contribution in [0.2, 0.25) is 0 Å². The molecule has 2 N–H and O–H groups in total. The SMILES string of the molecule is CC=O.CCc1nc(-c2ccc(C)cc2)cn1-c1ccc(F)cc1.Nc1nc2c(s1)CCCCC2. The Morgan fingerprint density at radius 2 is 1.69 bits per heavy atom. The van der Waals surface area contributed by atoms with Crippen LogP contribution in [0.3, 0.4) is 0 Å². The summed E-state index contributed by atoms with van der Waals surface area (Å²) in [5.41, 5.74) is 11.1. The van der Waals surface area contributed by atoms with E-state index in [0.29, 0.717) is 0 Å². The molecular weight excluding hydrogens is 459 g/mol. The fraction of sp³-hybridized carbons (Fsp3) is 0.321. The number of aldehydes is 1. The van der Waals surface area contributed by atoms with Crippen molar-refractivity contribution in [3.05, 3.63) is 82.5 Å². The van der Waals surface area contributed by atoms with E-state index >= 15 is 0 Å². The van der Waals surface area contributed by atoms with Gasteiger partial charge in [0.2, 0.25) is 0 Å². The molecule has 0 bridgehead atoms. The van der Waals surface area contributed by atoms with Crippen molar-refractivity contribution in [1.29, 1.82) is 0 Å². The third-order valence-electron chi connectivity index (χ3n) is 5.66. The number of anilines is 1. The summed E-state index contributed by atoms with van der Waals surface area (Å²) in [5.74, 6) is 0.743. The van der Waals surface area contributed by atoms with Crippen LogP contribution in [0, 0.1) is 12.7 Å². The van der Waals surface area contributed by atoms with Crippen molar-refractivity contribution in [1.82, 2.24) is 14.5 Å². The highest BCUT2D eigenvalue weighted by molar-refractivity contribution is 7.15. The van der Waals surface area contributed by atoms with Gasteiger partial charge in [-0.3, -0.25) is 0 Å². The number of nitrogens with zero attached hydrogens (tertiary/aromatic N) is 3. The maximum Gasteiger partial charge on any atom is 0.180 e. The summed E-state index contributed by atoms with van der Waals surface area (Å²) >= 11 is 1.67. The van der Waals surface area contributed by atoms with Gasteiger partial charge in [-0.15, -0.1) is 11.3 Å². The van der Waals surface area contributed by atoms with Gasteiger partial charge in [-0.05, 0) is 63.8 Å². The number of hydrogen-bond acceptors (Lipinski definition) is 5. The first kappa shape index (κ1) is 26.3. The zero-order chi connectivity index (χ0) is 25.2. The molecule has 184 valence electrons. The molecule has 0 amide bonds. The van der Waals surface area contributed by atoms with E-state index < -0.39 is 0 Å². The van der Waals surface area contributed by atoms with Crippen molar-refractivity contribution in [2.45, 2.75) is 59.3 Å². The maximum absolute atomic E-state index is 13.1. The number of nitrogens with two attached hydrogens (primary N) is 1. The van der Waals surface area contributed by atoms with Crippen LogP contribution in [0.4, 0.5) is 9.52 Å². The molecule has 1 aliphatic rings. The number of thiazole rings is 1. The Balaban J connectivity index is 0.000000204. The van der Waals surface area contributed by atoms with Gasteiger partial charge in [0.05, 0.1) is 11.4 Å². The lowest BCUT2D eigenvalue weighted by Gasteiger charge is -2.05. The molecule has 7 heteroatoms. The molecule has 5 nitrogen and oxygen atoms in total. The minimum Gasteiger partial charge on any atom is -0.375 e. The summed E-state index contributed by atoms with van der Waals surface area (Å²) in [6.45, 7) is 5.58. The van der Waals surface area contributed by atoms with Gasteiger partial charge in [-0.2, -0.15) is 0 Å².